The molecule has 0 aliphatic heterocycles. The zero-order valence-electron chi connectivity index (χ0n) is 17.9. The molecule has 3 aromatic rings. The highest BCUT2D eigenvalue weighted by Crippen LogP contribution is 2.21. The molecule has 0 saturated carbocycles. The van der Waals surface area contributed by atoms with E-state index in [0.29, 0.717) is 16.0 Å². The largest absolute Gasteiger partial charge is 0.497 e. The number of rotatable bonds is 7. The minimum absolute atomic E-state index is 0.0478. The molecule has 174 valence electrons. The number of ether oxygens (including phenoxy) is 3. The third-order valence-electron chi connectivity index (χ3n) is 4.57. The highest BCUT2D eigenvalue weighted by Gasteiger charge is 2.20. The zero-order chi connectivity index (χ0) is 24.2. The van der Waals surface area contributed by atoms with Crippen molar-refractivity contribution in [3.63, 3.8) is 0 Å². The smallest absolute Gasteiger partial charge is 0.337 e. The SMILES string of the molecule is COC(=O)Cn1c(=NC(=O)CS(=O)(=O)c2ccc(OC)cc2)sc2cc(C(=O)OC)ccc21. The van der Waals surface area contributed by atoms with Crippen molar-refractivity contribution in [2.75, 3.05) is 27.1 Å². The summed E-state index contributed by atoms with van der Waals surface area (Å²) in [5.74, 6) is -2.44. The van der Waals surface area contributed by atoms with Gasteiger partial charge in [0.2, 0.25) is 0 Å². The maximum atomic E-state index is 12.6. The maximum absolute atomic E-state index is 12.6. The molecule has 0 saturated heterocycles. The van der Waals surface area contributed by atoms with E-state index < -0.39 is 33.4 Å². The lowest BCUT2D eigenvalue weighted by Crippen LogP contribution is -2.24. The van der Waals surface area contributed by atoms with Gasteiger partial charge in [0.15, 0.2) is 14.6 Å². The third kappa shape index (κ3) is 5.46. The number of fused-ring (bicyclic) bond motifs is 1. The number of hydrogen-bond donors (Lipinski definition) is 0. The van der Waals surface area contributed by atoms with Crippen LogP contribution in [0, 0.1) is 0 Å². The second-order valence-corrected chi connectivity index (χ2v) is 9.66. The van der Waals surface area contributed by atoms with Gasteiger partial charge in [-0.05, 0) is 42.5 Å². The lowest BCUT2D eigenvalue weighted by atomic mass is 10.2. The molecule has 0 bridgehead atoms. The van der Waals surface area contributed by atoms with Crippen LogP contribution in [-0.2, 0) is 35.4 Å². The molecule has 1 heterocycles. The van der Waals surface area contributed by atoms with Crippen LogP contribution in [0.15, 0.2) is 52.4 Å². The number of thiazole rings is 1. The van der Waals surface area contributed by atoms with Gasteiger partial charge in [-0.1, -0.05) is 11.3 Å². The summed E-state index contributed by atoms with van der Waals surface area (Å²) >= 11 is 1.02. The van der Waals surface area contributed by atoms with Gasteiger partial charge in [0.1, 0.15) is 18.0 Å². The van der Waals surface area contributed by atoms with Gasteiger partial charge >= 0.3 is 11.9 Å². The normalized spacial score (nSPS) is 11.9. The highest BCUT2D eigenvalue weighted by molar-refractivity contribution is 7.92. The van der Waals surface area contributed by atoms with Gasteiger partial charge in [0.25, 0.3) is 5.91 Å². The molecule has 0 unspecified atom stereocenters. The average Bonchev–Trinajstić information content (AvgIpc) is 3.13. The number of carbonyl (C=O) groups excluding carboxylic acids is 3. The van der Waals surface area contributed by atoms with Crippen molar-refractivity contribution in [1.29, 1.82) is 0 Å². The fourth-order valence-corrected chi connectivity index (χ4v) is 5.11. The zero-order valence-corrected chi connectivity index (χ0v) is 19.6. The van der Waals surface area contributed by atoms with E-state index in [1.54, 1.807) is 6.07 Å². The van der Waals surface area contributed by atoms with Crippen LogP contribution < -0.4 is 9.54 Å². The standard InChI is InChI=1S/C21H20N2O8S2/c1-29-14-5-7-15(8-6-14)33(27,28)12-18(24)22-21-23(11-19(25)30-2)16-9-4-13(20(26)31-3)10-17(16)32-21/h4-10H,11-12H2,1-3H3. The Kier molecular flexibility index (Phi) is 7.29. The Balaban J connectivity index is 2.01. The fourth-order valence-electron chi connectivity index (χ4n) is 2.92. The second-order valence-electron chi connectivity index (χ2n) is 6.66. The van der Waals surface area contributed by atoms with E-state index in [4.69, 9.17) is 14.2 Å². The number of hydrogen-bond acceptors (Lipinski definition) is 9. The molecule has 0 aliphatic rings. The molecule has 0 fully saturated rings. The van der Waals surface area contributed by atoms with E-state index in [1.807, 2.05) is 0 Å². The maximum Gasteiger partial charge on any atom is 0.337 e. The molecule has 0 aliphatic carbocycles. The van der Waals surface area contributed by atoms with E-state index in [1.165, 1.54) is 62.3 Å². The first-order chi connectivity index (χ1) is 15.7. The molecule has 33 heavy (non-hydrogen) atoms. The van der Waals surface area contributed by atoms with E-state index in [0.717, 1.165) is 11.3 Å². The van der Waals surface area contributed by atoms with Crippen LogP contribution in [0.3, 0.4) is 0 Å². The van der Waals surface area contributed by atoms with E-state index >= 15 is 0 Å². The highest BCUT2D eigenvalue weighted by atomic mass is 32.2. The number of nitrogens with zero attached hydrogens (tertiary/aromatic N) is 2. The Morgan fingerprint density at radius 1 is 1.00 bits per heavy atom. The molecule has 0 radical (unpaired) electrons. The van der Waals surface area contributed by atoms with Crippen LogP contribution in [-0.4, -0.2) is 57.9 Å². The number of esters is 2. The first-order valence-electron chi connectivity index (χ1n) is 9.41. The van der Waals surface area contributed by atoms with Gasteiger partial charge in [-0.25, -0.2) is 13.2 Å². The van der Waals surface area contributed by atoms with Crippen molar-refractivity contribution in [1.82, 2.24) is 4.57 Å². The summed E-state index contributed by atoms with van der Waals surface area (Å²) in [5.41, 5.74) is 0.791. The molecule has 12 heteroatoms. The van der Waals surface area contributed by atoms with Crippen molar-refractivity contribution in [3.05, 3.63) is 52.8 Å². The van der Waals surface area contributed by atoms with Gasteiger partial charge in [0, 0.05) is 0 Å². The molecule has 0 N–H and O–H groups in total. The topological polar surface area (TPSA) is 130 Å². The van der Waals surface area contributed by atoms with Crippen molar-refractivity contribution in [2.45, 2.75) is 11.4 Å². The van der Waals surface area contributed by atoms with Gasteiger partial charge in [-0.3, -0.25) is 9.59 Å². The number of methoxy groups -OCH3 is 3. The van der Waals surface area contributed by atoms with Crippen molar-refractivity contribution in [3.8, 4) is 5.75 Å². The summed E-state index contributed by atoms with van der Waals surface area (Å²) in [5, 5.41) is 0. The number of aromatic nitrogens is 1. The van der Waals surface area contributed by atoms with Crippen LogP contribution >= 0.6 is 11.3 Å². The fraction of sp³-hybridized carbons (Fsp3) is 0.238. The summed E-state index contributed by atoms with van der Waals surface area (Å²) in [6.45, 7) is -0.259. The predicted molar refractivity (Wildman–Crippen MR) is 119 cm³/mol. The second kappa shape index (κ2) is 9.96. The van der Waals surface area contributed by atoms with Crippen LogP contribution in [0.1, 0.15) is 10.4 Å². The van der Waals surface area contributed by atoms with E-state index in [-0.39, 0.29) is 21.8 Å². The number of carbonyl (C=O) groups is 3. The van der Waals surface area contributed by atoms with Gasteiger partial charge in [-0.2, -0.15) is 4.99 Å². The Morgan fingerprint density at radius 2 is 1.70 bits per heavy atom. The lowest BCUT2D eigenvalue weighted by Gasteiger charge is -2.05. The van der Waals surface area contributed by atoms with Crippen molar-refractivity contribution in [2.24, 2.45) is 4.99 Å². The molecular weight excluding hydrogens is 472 g/mol. The minimum Gasteiger partial charge on any atom is -0.497 e. The molecule has 0 atom stereocenters. The Labute approximate surface area is 193 Å². The number of benzene rings is 2. The summed E-state index contributed by atoms with van der Waals surface area (Å²) in [7, 11) is -0.0303. The molecule has 2 aromatic carbocycles. The van der Waals surface area contributed by atoms with Gasteiger partial charge in [0.05, 0.1) is 42.0 Å². The molecule has 0 spiro atoms. The number of sulfone groups is 1. The van der Waals surface area contributed by atoms with Crippen LogP contribution in [0.2, 0.25) is 0 Å². The average molecular weight is 493 g/mol. The molecular formula is C21H20N2O8S2. The third-order valence-corrected chi connectivity index (χ3v) is 7.23. The first kappa shape index (κ1) is 24.1. The molecule has 1 amide bonds. The lowest BCUT2D eigenvalue weighted by molar-refractivity contribution is -0.141. The van der Waals surface area contributed by atoms with Crippen molar-refractivity contribution < 1.29 is 37.0 Å². The Bertz CT molecular complexity index is 1390. The van der Waals surface area contributed by atoms with Crippen LogP contribution in [0.25, 0.3) is 10.2 Å². The molecule has 1 aromatic heterocycles. The first-order valence-corrected chi connectivity index (χ1v) is 11.9. The minimum atomic E-state index is -3.95. The molecule has 10 nitrogen and oxygen atoms in total. The van der Waals surface area contributed by atoms with Crippen LogP contribution in [0.5, 0.6) is 5.75 Å². The monoisotopic (exact) mass is 492 g/mol. The Hall–Kier alpha value is -3.51. The number of amides is 1. The van der Waals surface area contributed by atoms with Gasteiger partial charge in [-0.15, -0.1) is 0 Å². The predicted octanol–water partition coefficient (Wildman–Crippen LogP) is 1.57. The molecule has 3 rings (SSSR count). The van der Waals surface area contributed by atoms with E-state index in [2.05, 4.69) is 4.99 Å². The van der Waals surface area contributed by atoms with E-state index in [9.17, 15) is 22.8 Å². The summed E-state index contributed by atoms with van der Waals surface area (Å²) in [6.07, 6.45) is 0. The summed E-state index contributed by atoms with van der Waals surface area (Å²) < 4.78 is 41.6. The van der Waals surface area contributed by atoms with Gasteiger partial charge < -0.3 is 18.8 Å². The summed E-state index contributed by atoms with van der Waals surface area (Å²) in [6, 6.07) is 10.3. The summed E-state index contributed by atoms with van der Waals surface area (Å²) in [4.78, 5) is 40.3. The quantitative estimate of drug-likeness (QED) is 0.454. The Morgan fingerprint density at radius 3 is 2.30 bits per heavy atom. The van der Waals surface area contributed by atoms with Crippen LogP contribution in [0.4, 0.5) is 0 Å². The van der Waals surface area contributed by atoms with Crippen molar-refractivity contribution >= 4 is 49.2 Å².